The zero-order chi connectivity index (χ0) is 24.2. The summed E-state index contributed by atoms with van der Waals surface area (Å²) in [5.41, 5.74) is 1.90. The molecule has 0 spiro atoms. The number of piperidine rings is 1. The normalized spacial score (nSPS) is 25.2. The summed E-state index contributed by atoms with van der Waals surface area (Å²) < 4.78 is 6.05. The van der Waals surface area contributed by atoms with Crippen LogP contribution in [0, 0.1) is 5.92 Å². The molecule has 0 bridgehead atoms. The average molecular weight is 482 g/mol. The number of carbonyl (C=O) groups is 2. The van der Waals surface area contributed by atoms with E-state index >= 15 is 0 Å². The molecule has 0 aromatic heterocycles. The highest BCUT2D eigenvalue weighted by atomic mass is 16.5. The third kappa shape index (κ3) is 5.63. The van der Waals surface area contributed by atoms with Crippen molar-refractivity contribution in [3.8, 4) is 5.75 Å². The number of aliphatic imine (C=N–C) groups is 1. The maximum Gasteiger partial charge on any atom is 0.246 e. The minimum absolute atomic E-state index is 0.0171. The molecule has 35 heavy (non-hydrogen) atoms. The fourth-order valence-corrected chi connectivity index (χ4v) is 6.02. The number of para-hydroxylation sites is 1. The molecule has 1 aliphatic carbocycles. The highest BCUT2D eigenvalue weighted by Crippen LogP contribution is 2.36. The van der Waals surface area contributed by atoms with Crippen LogP contribution in [0.25, 0.3) is 0 Å². The van der Waals surface area contributed by atoms with Crippen molar-refractivity contribution in [1.82, 2.24) is 20.4 Å². The van der Waals surface area contributed by atoms with Crippen LogP contribution >= 0.6 is 0 Å². The lowest BCUT2D eigenvalue weighted by Crippen LogP contribution is -2.56. The Morgan fingerprint density at radius 1 is 1.11 bits per heavy atom. The molecule has 0 radical (unpaired) electrons. The van der Waals surface area contributed by atoms with Crippen LogP contribution in [0.5, 0.6) is 5.75 Å². The van der Waals surface area contributed by atoms with Crippen molar-refractivity contribution < 1.29 is 14.3 Å². The molecule has 1 saturated carbocycles. The number of guanidine groups is 1. The standard InChI is InChI=1S/C27H39N5O3/c1-31(23-15-14-19-9-5-6-11-21(19)28-23)25(34)13-4-2-3-7-16-35-22-12-8-10-20-17-32-18-24(33)29-27(32)30-26(20)22/h8,10,12,19,21,23,28H,2-7,9,11,13-18H2,1H3,(H,29,30,33). The quantitative estimate of drug-likeness (QED) is 0.526. The van der Waals surface area contributed by atoms with Gasteiger partial charge in [0.05, 0.1) is 12.8 Å². The van der Waals surface area contributed by atoms with Crippen molar-refractivity contribution in [1.29, 1.82) is 0 Å². The first-order valence-electron chi connectivity index (χ1n) is 13.5. The van der Waals surface area contributed by atoms with E-state index in [4.69, 9.17) is 4.74 Å². The Morgan fingerprint density at radius 3 is 2.89 bits per heavy atom. The Morgan fingerprint density at radius 2 is 1.97 bits per heavy atom. The lowest BCUT2D eigenvalue weighted by atomic mass is 9.78. The summed E-state index contributed by atoms with van der Waals surface area (Å²) in [4.78, 5) is 32.9. The van der Waals surface area contributed by atoms with Crippen molar-refractivity contribution in [2.24, 2.45) is 10.9 Å². The lowest BCUT2D eigenvalue weighted by Gasteiger charge is -2.43. The molecule has 4 aliphatic rings. The summed E-state index contributed by atoms with van der Waals surface area (Å²) in [5, 5.41) is 6.57. The van der Waals surface area contributed by atoms with Gasteiger partial charge in [-0.2, -0.15) is 0 Å². The zero-order valence-electron chi connectivity index (χ0n) is 20.9. The smallest absolute Gasteiger partial charge is 0.246 e. The van der Waals surface area contributed by atoms with E-state index in [-0.39, 0.29) is 18.0 Å². The molecule has 3 aliphatic heterocycles. The number of hydrogen-bond donors (Lipinski definition) is 2. The highest BCUT2D eigenvalue weighted by Gasteiger charge is 2.34. The minimum Gasteiger partial charge on any atom is -0.491 e. The third-order valence-corrected chi connectivity index (χ3v) is 8.08. The lowest BCUT2D eigenvalue weighted by molar-refractivity contribution is -0.134. The van der Waals surface area contributed by atoms with E-state index in [2.05, 4.69) is 15.6 Å². The number of nitrogens with zero attached hydrogens (tertiary/aromatic N) is 3. The van der Waals surface area contributed by atoms with E-state index in [1.54, 1.807) is 0 Å². The summed E-state index contributed by atoms with van der Waals surface area (Å²) >= 11 is 0. The second-order valence-corrected chi connectivity index (χ2v) is 10.5. The number of carbonyl (C=O) groups excluding carboxylic acids is 2. The van der Waals surface area contributed by atoms with Gasteiger partial charge in [-0.3, -0.25) is 20.2 Å². The Balaban J connectivity index is 0.993. The van der Waals surface area contributed by atoms with E-state index in [0.29, 0.717) is 38.1 Å². The molecule has 3 atom stereocenters. The largest absolute Gasteiger partial charge is 0.491 e. The van der Waals surface area contributed by atoms with Crippen molar-refractivity contribution in [3.63, 3.8) is 0 Å². The summed E-state index contributed by atoms with van der Waals surface area (Å²) in [6.45, 7) is 1.66. The van der Waals surface area contributed by atoms with Gasteiger partial charge in [0.25, 0.3) is 0 Å². The van der Waals surface area contributed by atoms with E-state index in [9.17, 15) is 9.59 Å². The fraction of sp³-hybridized carbons (Fsp3) is 0.667. The number of ether oxygens (including phenoxy) is 1. The molecule has 1 aromatic rings. The number of fused-ring (bicyclic) bond motifs is 3. The van der Waals surface area contributed by atoms with Gasteiger partial charge >= 0.3 is 0 Å². The van der Waals surface area contributed by atoms with Gasteiger partial charge in [0.2, 0.25) is 17.8 Å². The predicted octanol–water partition coefficient (Wildman–Crippen LogP) is 3.68. The van der Waals surface area contributed by atoms with Gasteiger partial charge in [-0.25, -0.2) is 4.99 Å². The van der Waals surface area contributed by atoms with Crippen LogP contribution < -0.4 is 15.4 Å². The zero-order valence-corrected chi connectivity index (χ0v) is 20.9. The summed E-state index contributed by atoms with van der Waals surface area (Å²) in [6, 6.07) is 6.57. The van der Waals surface area contributed by atoms with Gasteiger partial charge in [0.15, 0.2) is 0 Å². The van der Waals surface area contributed by atoms with Crippen LogP contribution in [-0.4, -0.2) is 60.0 Å². The first kappa shape index (κ1) is 24.1. The minimum atomic E-state index is -0.0171. The number of benzene rings is 1. The second kappa shape index (κ2) is 11.0. The maximum absolute atomic E-state index is 12.7. The molecule has 3 fully saturated rings. The Hall–Kier alpha value is -2.61. The predicted molar refractivity (Wildman–Crippen MR) is 135 cm³/mol. The first-order valence-corrected chi connectivity index (χ1v) is 13.5. The van der Waals surface area contributed by atoms with Gasteiger partial charge < -0.3 is 14.5 Å². The van der Waals surface area contributed by atoms with Crippen molar-refractivity contribution in [2.45, 2.75) is 89.4 Å². The molecular weight excluding hydrogens is 442 g/mol. The van der Waals surface area contributed by atoms with Gasteiger partial charge in [-0.05, 0) is 50.5 Å². The average Bonchev–Trinajstić information content (AvgIpc) is 3.24. The van der Waals surface area contributed by atoms with Crippen LogP contribution in [-0.2, 0) is 16.1 Å². The number of rotatable bonds is 9. The van der Waals surface area contributed by atoms with Crippen LogP contribution in [0.1, 0.15) is 76.2 Å². The van der Waals surface area contributed by atoms with Crippen LogP contribution in [0.3, 0.4) is 0 Å². The molecule has 190 valence electrons. The molecule has 8 heteroatoms. The SMILES string of the molecule is CN(C(=O)CCCCCCOc1cccc2c1N=C1NC(=O)CN1C2)C1CCC2CCCCC2N1. The van der Waals surface area contributed by atoms with E-state index in [1.165, 1.54) is 32.1 Å². The molecule has 2 saturated heterocycles. The van der Waals surface area contributed by atoms with Crippen LogP contribution in [0.4, 0.5) is 5.69 Å². The number of amides is 2. The Bertz CT molecular complexity index is 964. The second-order valence-electron chi connectivity index (χ2n) is 10.5. The topological polar surface area (TPSA) is 86.3 Å². The molecule has 1 aromatic carbocycles. The maximum atomic E-state index is 12.7. The van der Waals surface area contributed by atoms with E-state index in [0.717, 1.165) is 55.0 Å². The molecule has 3 heterocycles. The van der Waals surface area contributed by atoms with Crippen molar-refractivity contribution in [3.05, 3.63) is 23.8 Å². The van der Waals surface area contributed by atoms with Gasteiger partial charge in [0, 0.05) is 31.6 Å². The van der Waals surface area contributed by atoms with Gasteiger partial charge in [-0.1, -0.05) is 37.8 Å². The fourth-order valence-electron chi connectivity index (χ4n) is 6.02. The Kier molecular flexibility index (Phi) is 7.56. The van der Waals surface area contributed by atoms with E-state index in [1.807, 2.05) is 35.0 Å². The monoisotopic (exact) mass is 481 g/mol. The number of unbranched alkanes of at least 4 members (excludes halogenated alkanes) is 3. The number of nitrogens with one attached hydrogen (secondary N) is 2. The van der Waals surface area contributed by atoms with Gasteiger partial charge in [0.1, 0.15) is 18.0 Å². The first-order chi connectivity index (χ1) is 17.1. The summed E-state index contributed by atoms with van der Waals surface area (Å²) in [6.07, 6.45) is 12.4. The van der Waals surface area contributed by atoms with Crippen LogP contribution in [0.15, 0.2) is 23.2 Å². The summed E-state index contributed by atoms with van der Waals surface area (Å²) in [5.74, 6) is 2.45. The number of hydrogen-bond acceptors (Lipinski definition) is 6. The van der Waals surface area contributed by atoms with Crippen LogP contribution in [0.2, 0.25) is 0 Å². The summed E-state index contributed by atoms with van der Waals surface area (Å²) in [7, 11) is 1.97. The molecule has 5 rings (SSSR count). The molecule has 8 nitrogen and oxygen atoms in total. The molecule has 3 unspecified atom stereocenters. The molecule has 2 amide bonds. The van der Waals surface area contributed by atoms with Crippen molar-refractivity contribution in [2.75, 3.05) is 20.2 Å². The van der Waals surface area contributed by atoms with Gasteiger partial charge in [-0.15, -0.1) is 0 Å². The van der Waals surface area contributed by atoms with E-state index < -0.39 is 0 Å². The van der Waals surface area contributed by atoms with Crippen molar-refractivity contribution >= 4 is 23.5 Å². The molecule has 2 N–H and O–H groups in total. The third-order valence-electron chi connectivity index (χ3n) is 8.08. The Labute approximate surface area is 208 Å². The molecular formula is C27H39N5O3. The highest BCUT2D eigenvalue weighted by molar-refractivity contribution is 6.06.